The maximum absolute atomic E-state index is 12.4. The van der Waals surface area contributed by atoms with Crippen LogP contribution in [0.25, 0.3) is 16.7 Å². The van der Waals surface area contributed by atoms with Gasteiger partial charge >= 0.3 is 0 Å². The highest BCUT2D eigenvalue weighted by molar-refractivity contribution is 9.10. The first-order chi connectivity index (χ1) is 13.1. The molecule has 0 saturated heterocycles. The predicted molar refractivity (Wildman–Crippen MR) is 110 cm³/mol. The first kappa shape index (κ1) is 17.8. The molecular formula is C19H15BrN4O2S. The zero-order valence-electron chi connectivity index (χ0n) is 14.3. The topological polar surface area (TPSA) is 72.8 Å². The lowest BCUT2D eigenvalue weighted by atomic mass is 10.2. The van der Waals surface area contributed by atoms with E-state index in [0.717, 1.165) is 21.5 Å². The normalized spacial score (nSPS) is 11.0. The van der Waals surface area contributed by atoms with Crippen molar-refractivity contribution in [1.29, 1.82) is 0 Å². The number of nitrogens with zero attached hydrogens (tertiary/aromatic N) is 3. The molecule has 2 heterocycles. The quantitative estimate of drug-likeness (QED) is 0.370. The van der Waals surface area contributed by atoms with Crippen LogP contribution in [0.3, 0.4) is 0 Å². The minimum absolute atomic E-state index is 0.196. The molecule has 2 aromatic carbocycles. The van der Waals surface area contributed by atoms with Crippen LogP contribution in [-0.2, 0) is 5.75 Å². The van der Waals surface area contributed by atoms with Gasteiger partial charge in [0, 0.05) is 10.2 Å². The van der Waals surface area contributed by atoms with E-state index in [1.165, 1.54) is 18.0 Å². The maximum atomic E-state index is 12.4. The van der Waals surface area contributed by atoms with Crippen molar-refractivity contribution in [2.75, 3.05) is 7.11 Å². The second-order valence-electron chi connectivity index (χ2n) is 5.78. The van der Waals surface area contributed by atoms with Crippen LogP contribution in [0, 0.1) is 0 Å². The maximum Gasteiger partial charge on any atom is 0.262 e. The van der Waals surface area contributed by atoms with Crippen LogP contribution in [0.15, 0.2) is 69.2 Å². The van der Waals surface area contributed by atoms with Crippen LogP contribution in [0.5, 0.6) is 5.75 Å². The van der Waals surface area contributed by atoms with Crippen LogP contribution in [0.2, 0.25) is 0 Å². The summed E-state index contributed by atoms with van der Waals surface area (Å²) in [4.78, 5) is 19.9. The number of fused-ring (bicyclic) bond motifs is 1. The number of ether oxygens (including phenoxy) is 1. The molecule has 0 aliphatic rings. The summed E-state index contributed by atoms with van der Waals surface area (Å²) in [7, 11) is 1.62. The Morgan fingerprint density at radius 3 is 2.59 bits per heavy atom. The highest BCUT2D eigenvalue weighted by Gasteiger charge is 2.12. The molecule has 136 valence electrons. The van der Waals surface area contributed by atoms with E-state index in [0.29, 0.717) is 21.9 Å². The summed E-state index contributed by atoms with van der Waals surface area (Å²) in [6.45, 7) is 0. The minimum Gasteiger partial charge on any atom is -0.497 e. The first-order valence-electron chi connectivity index (χ1n) is 8.14. The summed E-state index contributed by atoms with van der Waals surface area (Å²) in [5.74, 6) is 1.46. The lowest BCUT2D eigenvalue weighted by molar-refractivity contribution is 0.414. The van der Waals surface area contributed by atoms with Crippen molar-refractivity contribution in [2.45, 2.75) is 10.9 Å². The van der Waals surface area contributed by atoms with Crippen molar-refractivity contribution < 1.29 is 4.74 Å². The highest BCUT2D eigenvalue weighted by atomic mass is 79.9. The Bertz CT molecular complexity index is 1140. The molecule has 6 nitrogen and oxygen atoms in total. The summed E-state index contributed by atoms with van der Waals surface area (Å²) in [5, 5.41) is 5.35. The van der Waals surface area contributed by atoms with Gasteiger partial charge in [0.2, 0.25) is 0 Å². The molecule has 0 atom stereocenters. The summed E-state index contributed by atoms with van der Waals surface area (Å²) in [6.07, 6.45) is 1.54. The van der Waals surface area contributed by atoms with Crippen molar-refractivity contribution in [3.8, 4) is 11.4 Å². The third kappa shape index (κ3) is 3.77. The molecule has 0 aliphatic heterocycles. The first-order valence-corrected chi connectivity index (χ1v) is 9.91. The third-order valence-electron chi connectivity index (χ3n) is 4.02. The molecule has 0 radical (unpaired) electrons. The summed E-state index contributed by atoms with van der Waals surface area (Å²) in [5.41, 5.74) is 2.29. The van der Waals surface area contributed by atoms with E-state index in [1.54, 1.807) is 11.8 Å². The van der Waals surface area contributed by atoms with Gasteiger partial charge in [-0.3, -0.25) is 4.79 Å². The third-order valence-corrected chi connectivity index (χ3v) is 5.50. The Labute approximate surface area is 167 Å². The van der Waals surface area contributed by atoms with Gasteiger partial charge in [0.1, 0.15) is 11.1 Å². The Morgan fingerprint density at radius 1 is 1.15 bits per heavy atom. The number of hydrogen-bond donors (Lipinski definition) is 1. The number of methoxy groups -OCH3 is 1. The van der Waals surface area contributed by atoms with Crippen LogP contribution in [0.1, 0.15) is 5.56 Å². The van der Waals surface area contributed by atoms with Gasteiger partial charge in [-0.25, -0.2) is 9.67 Å². The lowest BCUT2D eigenvalue weighted by Crippen LogP contribution is -2.09. The number of aromatic nitrogens is 4. The molecule has 0 amide bonds. The molecule has 0 bridgehead atoms. The molecule has 0 saturated carbocycles. The molecule has 1 N–H and O–H groups in total. The molecule has 4 rings (SSSR count). The molecular weight excluding hydrogens is 428 g/mol. The van der Waals surface area contributed by atoms with Crippen LogP contribution < -0.4 is 10.3 Å². The number of thioether (sulfide) groups is 1. The van der Waals surface area contributed by atoms with Gasteiger partial charge in [0.05, 0.1) is 19.0 Å². The number of hydrogen-bond acceptors (Lipinski definition) is 5. The van der Waals surface area contributed by atoms with Crippen LogP contribution in [0.4, 0.5) is 0 Å². The van der Waals surface area contributed by atoms with E-state index in [4.69, 9.17) is 4.74 Å². The fourth-order valence-corrected chi connectivity index (χ4v) is 3.69. The number of aromatic amines is 1. The molecule has 4 aromatic rings. The van der Waals surface area contributed by atoms with Crippen molar-refractivity contribution >= 4 is 38.7 Å². The average Bonchev–Trinajstić information content (AvgIpc) is 3.12. The van der Waals surface area contributed by atoms with Gasteiger partial charge < -0.3 is 9.72 Å². The fraction of sp³-hybridized carbons (Fsp3) is 0.105. The van der Waals surface area contributed by atoms with Crippen molar-refractivity contribution in [3.05, 3.63) is 75.1 Å². The Morgan fingerprint density at radius 2 is 1.89 bits per heavy atom. The Hall–Kier alpha value is -2.58. The van der Waals surface area contributed by atoms with Crippen LogP contribution >= 0.6 is 27.7 Å². The van der Waals surface area contributed by atoms with Gasteiger partial charge in [-0.2, -0.15) is 5.10 Å². The van der Waals surface area contributed by atoms with E-state index in [-0.39, 0.29) is 5.56 Å². The van der Waals surface area contributed by atoms with Gasteiger partial charge in [-0.15, -0.1) is 0 Å². The molecule has 8 heteroatoms. The molecule has 0 spiro atoms. The van der Waals surface area contributed by atoms with Gasteiger partial charge in [-0.05, 0) is 42.0 Å². The van der Waals surface area contributed by atoms with E-state index in [2.05, 4.69) is 31.0 Å². The highest BCUT2D eigenvalue weighted by Crippen LogP contribution is 2.23. The zero-order valence-corrected chi connectivity index (χ0v) is 16.8. The number of benzene rings is 2. The Balaban J connectivity index is 1.66. The molecule has 2 aromatic heterocycles. The summed E-state index contributed by atoms with van der Waals surface area (Å²) in [6, 6.07) is 15.5. The SMILES string of the molecule is COc1ccc(-n2ncc3c(=O)[nH]c(SCc4ccc(Br)cc4)nc32)cc1. The molecule has 0 unspecified atom stereocenters. The average molecular weight is 443 g/mol. The number of rotatable bonds is 5. The lowest BCUT2D eigenvalue weighted by Gasteiger charge is -2.06. The smallest absolute Gasteiger partial charge is 0.262 e. The summed E-state index contributed by atoms with van der Waals surface area (Å²) < 4.78 is 7.88. The van der Waals surface area contributed by atoms with E-state index in [9.17, 15) is 4.79 Å². The zero-order chi connectivity index (χ0) is 18.8. The van der Waals surface area contributed by atoms with E-state index >= 15 is 0 Å². The Kier molecular flexibility index (Phi) is 5.00. The molecule has 27 heavy (non-hydrogen) atoms. The van der Waals surface area contributed by atoms with E-state index < -0.39 is 0 Å². The van der Waals surface area contributed by atoms with Crippen molar-refractivity contribution in [3.63, 3.8) is 0 Å². The minimum atomic E-state index is -0.196. The van der Waals surface area contributed by atoms with Crippen molar-refractivity contribution in [1.82, 2.24) is 19.7 Å². The fourth-order valence-electron chi connectivity index (χ4n) is 2.61. The second kappa shape index (κ2) is 7.58. The standard InChI is InChI=1S/C19H15BrN4O2S/c1-26-15-8-6-14(7-9-15)24-17-16(10-21-24)18(25)23-19(22-17)27-11-12-2-4-13(20)5-3-12/h2-10H,11H2,1H3,(H,22,23,25). The van der Waals surface area contributed by atoms with Crippen molar-refractivity contribution in [2.24, 2.45) is 0 Å². The van der Waals surface area contributed by atoms with Gasteiger partial charge in [-0.1, -0.05) is 39.8 Å². The number of H-pyrrole nitrogens is 1. The van der Waals surface area contributed by atoms with E-state index in [1.807, 2.05) is 48.5 Å². The predicted octanol–water partition coefficient (Wildman–Crippen LogP) is 4.17. The number of halogens is 1. The molecule has 0 aliphatic carbocycles. The monoisotopic (exact) mass is 442 g/mol. The second-order valence-corrected chi connectivity index (χ2v) is 7.66. The van der Waals surface area contributed by atoms with Crippen LogP contribution in [-0.4, -0.2) is 26.9 Å². The summed E-state index contributed by atoms with van der Waals surface area (Å²) >= 11 is 4.91. The number of nitrogens with one attached hydrogen (secondary N) is 1. The van der Waals surface area contributed by atoms with Gasteiger partial charge in [0.25, 0.3) is 5.56 Å². The largest absolute Gasteiger partial charge is 0.497 e. The van der Waals surface area contributed by atoms with Gasteiger partial charge in [0.15, 0.2) is 10.8 Å². The molecule has 0 fully saturated rings.